The van der Waals surface area contributed by atoms with Gasteiger partial charge in [0.15, 0.2) is 11.5 Å². The molecule has 2 heterocycles. The molecule has 0 fully saturated rings. The third kappa shape index (κ3) is 1.42. The Kier molecular flexibility index (Phi) is 2.04. The van der Waals surface area contributed by atoms with Crippen molar-refractivity contribution >= 4 is 0 Å². The zero-order valence-electron chi connectivity index (χ0n) is 8.47. The fourth-order valence-electron chi connectivity index (χ4n) is 1.56. The molecule has 2 N–H and O–H groups in total. The number of fused-ring (bicyclic) bond motifs is 1. The zero-order chi connectivity index (χ0) is 11.0. The third-order valence-corrected chi connectivity index (χ3v) is 2.37. The van der Waals surface area contributed by atoms with E-state index in [4.69, 9.17) is 19.6 Å². The molecule has 16 heavy (non-hydrogen) atoms. The van der Waals surface area contributed by atoms with Gasteiger partial charge in [0.2, 0.25) is 12.7 Å². The van der Waals surface area contributed by atoms with E-state index in [9.17, 15) is 0 Å². The molecule has 0 aliphatic carbocycles. The highest BCUT2D eigenvalue weighted by Crippen LogP contribution is 2.35. The number of hydrogen-bond acceptors (Lipinski definition) is 5. The predicted octanol–water partition coefficient (Wildman–Crippen LogP) is 1.53. The summed E-state index contributed by atoms with van der Waals surface area (Å²) in [5.74, 6) is 2.66. The number of nitrogens with two attached hydrogens (primary N) is 1. The summed E-state index contributed by atoms with van der Waals surface area (Å²) in [5.41, 5.74) is 6.30. The van der Waals surface area contributed by atoms with Gasteiger partial charge in [-0.1, -0.05) is 0 Å². The number of ether oxygens (including phenoxy) is 2. The van der Waals surface area contributed by atoms with Gasteiger partial charge in [-0.3, -0.25) is 0 Å². The summed E-state index contributed by atoms with van der Waals surface area (Å²) in [6.45, 7) is 0.607. The quantitative estimate of drug-likeness (QED) is 0.827. The highest BCUT2D eigenvalue weighted by Gasteiger charge is 2.15. The number of hydrogen-bond donors (Lipinski definition) is 1. The lowest BCUT2D eigenvalue weighted by molar-refractivity contribution is 0.174. The van der Waals surface area contributed by atoms with Crippen LogP contribution in [-0.2, 0) is 6.54 Å². The van der Waals surface area contributed by atoms with Crippen LogP contribution in [0.5, 0.6) is 11.5 Å². The standard InChI is InChI=1S/C11H10N2O3/c12-4-8-5-13-11(16-8)7-1-2-9-10(3-7)15-6-14-9/h1-3,5H,4,6,12H2. The lowest BCUT2D eigenvalue weighted by atomic mass is 10.2. The molecule has 0 saturated heterocycles. The van der Waals surface area contributed by atoms with Crippen LogP contribution in [0.3, 0.4) is 0 Å². The fraction of sp³-hybridized carbons (Fsp3) is 0.182. The molecule has 82 valence electrons. The predicted molar refractivity (Wildman–Crippen MR) is 56.0 cm³/mol. The molecule has 3 rings (SSSR count). The smallest absolute Gasteiger partial charge is 0.231 e. The van der Waals surface area contributed by atoms with Crippen molar-refractivity contribution in [3.05, 3.63) is 30.2 Å². The number of nitrogens with zero attached hydrogens (tertiary/aromatic N) is 1. The van der Waals surface area contributed by atoms with E-state index in [2.05, 4.69) is 4.98 Å². The van der Waals surface area contributed by atoms with Gasteiger partial charge >= 0.3 is 0 Å². The second kappa shape index (κ2) is 3.53. The van der Waals surface area contributed by atoms with Gasteiger partial charge in [-0.05, 0) is 18.2 Å². The molecule has 0 unspecified atom stereocenters. The Morgan fingerprint density at radius 1 is 1.25 bits per heavy atom. The molecule has 0 saturated carbocycles. The van der Waals surface area contributed by atoms with E-state index in [0.717, 1.165) is 11.3 Å². The zero-order valence-corrected chi connectivity index (χ0v) is 8.47. The molecule has 2 aromatic rings. The molecular formula is C11H10N2O3. The molecule has 0 amide bonds. The fourth-order valence-corrected chi connectivity index (χ4v) is 1.56. The number of oxazole rings is 1. The summed E-state index contributed by atoms with van der Waals surface area (Å²) in [4.78, 5) is 4.14. The Hall–Kier alpha value is -2.01. The van der Waals surface area contributed by atoms with Crippen molar-refractivity contribution < 1.29 is 13.9 Å². The van der Waals surface area contributed by atoms with Crippen molar-refractivity contribution in [1.29, 1.82) is 0 Å². The minimum atomic E-state index is 0.262. The minimum Gasteiger partial charge on any atom is -0.454 e. The van der Waals surface area contributed by atoms with Crippen LogP contribution in [0, 0.1) is 0 Å². The van der Waals surface area contributed by atoms with Gasteiger partial charge in [-0.25, -0.2) is 4.98 Å². The van der Waals surface area contributed by atoms with Crippen LogP contribution in [0.4, 0.5) is 0 Å². The molecule has 0 bridgehead atoms. The van der Waals surface area contributed by atoms with Crippen molar-refractivity contribution in [3.8, 4) is 23.0 Å². The molecule has 1 aromatic carbocycles. The van der Waals surface area contributed by atoms with Gasteiger partial charge in [0.1, 0.15) is 5.76 Å². The molecule has 0 radical (unpaired) electrons. The lowest BCUT2D eigenvalue weighted by Crippen LogP contribution is -1.92. The van der Waals surface area contributed by atoms with Crippen LogP contribution in [0.15, 0.2) is 28.8 Å². The number of aromatic nitrogens is 1. The van der Waals surface area contributed by atoms with Gasteiger partial charge in [-0.15, -0.1) is 0 Å². The SMILES string of the molecule is NCc1cnc(-c2ccc3c(c2)OCO3)o1. The third-order valence-electron chi connectivity index (χ3n) is 2.37. The van der Waals surface area contributed by atoms with Gasteiger partial charge < -0.3 is 19.6 Å². The maximum atomic E-state index is 5.45. The van der Waals surface area contributed by atoms with Crippen LogP contribution in [0.2, 0.25) is 0 Å². The van der Waals surface area contributed by atoms with Crippen molar-refractivity contribution in [2.75, 3.05) is 6.79 Å². The topological polar surface area (TPSA) is 70.5 Å². The first-order valence-electron chi connectivity index (χ1n) is 4.91. The molecule has 0 atom stereocenters. The maximum Gasteiger partial charge on any atom is 0.231 e. The van der Waals surface area contributed by atoms with Crippen molar-refractivity contribution in [1.82, 2.24) is 4.98 Å². The van der Waals surface area contributed by atoms with Crippen LogP contribution in [0.25, 0.3) is 11.5 Å². The average molecular weight is 218 g/mol. The lowest BCUT2D eigenvalue weighted by Gasteiger charge is -1.98. The van der Waals surface area contributed by atoms with Crippen molar-refractivity contribution in [2.45, 2.75) is 6.54 Å². The Balaban J connectivity index is 2.00. The molecule has 5 nitrogen and oxygen atoms in total. The van der Waals surface area contributed by atoms with Gasteiger partial charge in [0.25, 0.3) is 0 Å². The summed E-state index contributed by atoms with van der Waals surface area (Å²) in [7, 11) is 0. The largest absolute Gasteiger partial charge is 0.454 e. The monoisotopic (exact) mass is 218 g/mol. The Bertz CT molecular complexity index is 522. The Morgan fingerprint density at radius 2 is 2.12 bits per heavy atom. The van der Waals surface area contributed by atoms with Crippen LogP contribution in [0.1, 0.15) is 5.76 Å². The van der Waals surface area contributed by atoms with Crippen molar-refractivity contribution in [3.63, 3.8) is 0 Å². The second-order valence-corrected chi connectivity index (χ2v) is 3.40. The van der Waals surface area contributed by atoms with Crippen LogP contribution in [-0.4, -0.2) is 11.8 Å². The highest BCUT2D eigenvalue weighted by atomic mass is 16.7. The summed E-state index contributed by atoms with van der Waals surface area (Å²) >= 11 is 0. The normalized spacial score (nSPS) is 13.1. The second-order valence-electron chi connectivity index (χ2n) is 3.40. The van der Waals surface area contributed by atoms with Gasteiger partial charge in [0.05, 0.1) is 12.7 Å². The molecular weight excluding hydrogens is 208 g/mol. The van der Waals surface area contributed by atoms with Crippen LogP contribution < -0.4 is 15.2 Å². The van der Waals surface area contributed by atoms with Gasteiger partial charge in [-0.2, -0.15) is 0 Å². The molecule has 5 heteroatoms. The molecule has 1 aromatic heterocycles. The van der Waals surface area contributed by atoms with E-state index >= 15 is 0 Å². The van der Waals surface area contributed by atoms with E-state index in [1.54, 1.807) is 6.20 Å². The Morgan fingerprint density at radius 3 is 2.94 bits per heavy atom. The minimum absolute atomic E-state index is 0.262. The summed E-state index contributed by atoms with van der Waals surface area (Å²) in [6.07, 6.45) is 1.62. The summed E-state index contributed by atoms with van der Waals surface area (Å²) < 4.78 is 15.9. The molecule has 1 aliphatic heterocycles. The first kappa shape index (κ1) is 9.23. The molecule has 0 spiro atoms. The van der Waals surface area contributed by atoms with E-state index < -0.39 is 0 Å². The number of benzene rings is 1. The Labute approximate surface area is 91.8 Å². The first-order valence-corrected chi connectivity index (χ1v) is 4.91. The van der Waals surface area contributed by atoms with Crippen LogP contribution >= 0.6 is 0 Å². The average Bonchev–Trinajstić information content (AvgIpc) is 2.96. The van der Waals surface area contributed by atoms with E-state index in [-0.39, 0.29) is 6.79 Å². The van der Waals surface area contributed by atoms with Gasteiger partial charge in [0, 0.05) is 5.56 Å². The van der Waals surface area contributed by atoms with E-state index in [1.807, 2.05) is 18.2 Å². The summed E-state index contributed by atoms with van der Waals surface area (Å²) in [6, 6.07) is 5.55. The maximum absolute atomic E-state index is 5.45. The molecule has 1 aliphatic rings. The van der Waals surface area contributed by atoms with E-state index in [1.165, 1.54) is 0 Å². The first-order chi connectivity index (χ1) is 7.86. The highest BCUT2D eigenvalue weighted by molar-refractivity contribution is 5.60. The summed E-state index contributed by atoms with van der Waals surface area (Å²) in [5, 5.41) is 0. The van der Waals surface area contributed by atoms with Crippen molar-refractivity contribution in [2.24, 2.45) is 5.73 Å². The number of rotatable bonds is 2. The van der Waals surface area contributed by atoms with E-state index in [0.29, 0.717) is 23.9 Å².